The molecule has 0 aromatic heterocycles. The van der Waals surface area contributed by atoms with Crippen molar-refractivity contribution < 1.29 is 19.1 Å². The highest BCUT2D eigenvalue weighted by molar-refractivity contribution is 5.98. The first-order valence-electron chi connectivity index (χ1n) is 8.21. The van der Waals surface area contributed by atoms with Crippen molar-refractivity contribution >= 4 is 23.9 Å². The number of esters is 1. The molecule has 0 radical (unpaired) electrons. The maximum Gasteiger partial charge on any atom is 0.355 e. The number of amides is 2. The van der Waals surface area contributed by atoms with E-state index in [1.54, 1.807) is 24.3 Å². The summed E-state index contributed by atoms with van der Waals surface area (Å²) >= 11 is 0. The van der Waals surface area contributed by atoms with E-state index in [4.69, 9.17) is 15.3 Å². The monoisotopic (exact) mass is 368 g/mol. The number of carbonyl (C=O) groups excluding carboxylic acids is 3. The van der Waals surface area contributed by atoms with Crippen molar-refractivity contribution in [2.75, 3.05) is 19.7 Å². The molecule has 8 nitrogen and oxygen atoms in total. The lowest BCUT2D eigenvalue weighted by Crippen LogP contribution is -2.37. The minimum absolute atomic E-state index is 0.0953. The fourth-order valence-corrected chi connectivity index (χ4v) is 2.08. The van der Waals surface area contributed by atoms with Gasteiger partial charge in [-0.2, -0.15) is 10.5 Å². The highest BCUT2D eigenvalue weighted by Crippen LogP contribution is 2.07. The molecule has 2 amide bonds. The van der Waals surface area contributed by atoms with Crippen molar-refractivity contribution in [3.8, 4) is 12.1 Å². The quantitative estimate of drug-likeness (QED) is 0.518. The van der Waals surface area contributed by atoms with E-state index in [-0.39, 0.29) is 31.6 Å². The molecule has 1 aromatic carbocycles. The minimum atomic E-state index is -0.858. The maximum atomic E-state index is 12.3. The van der Waals surface area contributed by atoms with Crippen LogP contribution in [-0.2, 0) is 19.1 Å². The number of rotatable bonds is 9. The summed E-state index contributed by atoms with van der Waals surface area (Å²) < 4.78 is 5.00. The van der Waals surface area contributed by atoms with Gasteiger partial charge in [0.1, 0.15) is 5.70 Å². The van der Waals surface area contributed by atoms with Crippen LogP contribution >= 0.6 is 0 Å². The molecule has 0 heterocycles. The Morgan fingerprint density at radius 1 is 1.11 bits per heavy atom. The Balaban J connectivity index is 2.78. The van der Waals surface area contributed by atoms with Crippen molar-refractivity contribution in [3.05, 3.63) is 41.6 Å². The van der Waals surface area contributed by atoms with E-state index in [0.29, 0.717) is 5.56 Å². The average Bonchev–Trinajstić information content (AvgIpc) is 2.66. The van der Waals surface area contributed by atoms with Gasteiger partial charge >= 0.3 is 5.97 Å². The second kappa shape index (κ2) is 11.8. The molecule has 1 aromatic rings. The number of nitriles is 2. The number of carbonyl (C=O) groups is 3. The maximum absolute atomic E-state index is 12.3. The number of benzene rings is 1. The van der Waals surface area contributed by atoms with E-state index < -0.39 is 24.4 Å². The van der Waals surface area contributed by atoms with Crippen LogP contribution in [0.3, 0.4) is 0 Å². The molecule has 0 bridgehead atoms. The number of hydrogen-bond donors (Lipinski definition) is 1. The van der Waals surface area contributed by atoms with Crippen molar-refractivity contribution in [2.24, 2.45) is 0 Å². The average molecular weight is 368 g/mol. The van der Waals surface area contributed by atoms with Crippen molar-refractivity contribution in [1.29, 1.82) is 10.5 Å². The number of hydrogen-bond acceptors (Lipinski definition) is 6. The van der Waals surface area contributed by atoms with Crippen molar-refractivity contribution in [1.82, 2.24) is 10.2 Å². The summed E-state index contributed by atoms with van der Waals surface area (Å²) in [5.74, 6) is -1.83. The van der Waals surface area contributed by atoms with Gasteiger partial charge in [0.05, 0.1) is 25.0 Å². The summed E-state index contributed by atoms with van der Waals surface area (Å²) in [4.78, 5) is 37.1. The Labute approximate surface area is 157 Å². The molecule has 140 valence electrons. The minimum Gasteiger partial charge on any atom is -0.451 e. The van der Waals surface area contributed by atoms with Crippen LogP contribution in [0.4, 0.5) is 0 Å². The van der Waals surface area contributed by atoms with Gasteiger partial charge in [-0.1, -0.05) is 30.3 Å². The first kappa shape index (κ1) is 21.4. The first-order chi connectivity index (χ1) is 13.0. The third-order valence-corrected chi connectivity index (χ3v) is 3.31. The van der Waals surface area contributed by atoms with Crippen LogP contribution < -0.4 is 5.32 Å². The molecular weight excluding hydrogens is 348 g/mol. The van der Waals surface area contributed by atoms with Crippen LogP contribution in [0.2, 0.25) is 0 Å². The first-order valence-corrected chi connectivity index (χ1v) is 8.21. The van der Waals surface area contributed by atoms with E-state index in [1.807, 2.05) is 18.2 Å². The van der Waals surface area contributed by atoms with E-state index in [2.05, 4.69) is 5.32 Å². The topological polar surface area (TPSA) is 123 Å². The highest BCUT2D eigenvalue weighted by atomic mass is 16.5. The molecule has 0 atom stereocenters. The van der Waals surface area contributed by atoms with Crippen LogP contribution in [0.25, 0.3) is 6.08 Å². The van der Waals surface area contributed by atoms with E-state index >= 15 is 0 Å². The van der Waals surface area contributed by atoms with Gasteiger partial charge in [-0.15, -0.1) is 0 Å². The van der Waals surface area contributed by atoms with Gasteiger partial charge in [-0.05, 0) is 11.6 Å². The molecule has 0 fully saturated rings. The molecular formula is C19H20N4O4. The smallest absolute Gasteiger partial charge is 0.355 e. The molecule has 0 unspecified atom stereocenters. The Morgan fingerprint density at radius 2 is 1.70 bits per heavy atom. The Hall–Kier alpha value is -3.65. The highest BCUT2D eigenvalue weighted by Gasteiger charge is 2.18. The predicted molar refractivity (Wildman–Crippen MR) is 96.2 cm³/mol. The second-order valence-corrected chi connectivity index (χ2v) is 5.42. The zero-order valence-corrected chi connectivity index (χ0v) is 15.0. The van der Waals surface area contributed by atoms with Gasteiger partial charge in [0.25, 0.3) is 5.91 Å². The van der Waals surface area contributed by atoms with Gasteiger partial charge in [-0.25, -0.2) is 4.79 Å². The van der Waals surface area contributed by atoms with Gasteiger partial charge in [0.15, 0.2) is 6.61 Å². The van der Waals surface area contributed by atoms with E-state index in [9.17, 15) is 14.4 Å². The lowest BCUT2D eigenvalue weighted by atomic mass is 10.2. The molecule has 8 heteroatoms. The van der Waals surface area contributed by atoms with Gasteiger partial charge in [0, 0.05) is 20.0 Å². The summed E-state index contributed by atoms with van der Waals surface area (Å²) in [7, 11) is 0. The molecule has 0 aliphatic rings. The van der Waals surface area contributed by atoms with Crippen LogP contribution in [-0.4, -0.2) is 42.4 Å². The SMILES string of the molecule is CC(=O)NC(=Cc1ccccc1)C(=O)OCC(=O)N(CCC#N)CCC#N. The summed E-state index contributed by atoms with van der Waals surface area (Å²) in [6, 6.07) is 12.7. The van der Waals surface area contributed by atoms with E-state index in [1.165, 1.54) is 17.9 Å². The fraction of sp³-hybridized carbons (Fsp3) is 0.316. The molecule has 0 spiro atoms. The predicted octanol–water partition coefficient (Wildman–Crippen LogP) is 1.36. The summed E-state index contributed by atoms with van der Waals surface area (Å²) in [5, 5.41) is 19.7. The lowest BCUT2D eigenvalue weighted by molar-refractivity contribution is -0.149. The Kier molecular flexibility index (Phi) is 9.37. The van der Waals surface area contributed by atoms with Crippen LogP contribution in [0.1, 0.15) is 25.3 Å². The zero-order chi connectivity index (χ0) is 20.1. The van der Waals surface area contributed by atoms with Gasteiger partial charge in [0.2, 0.25) is 5.91 Å². The van der Waals surface area contributed by atoms with E-state index in [0.717, 1.165) is 0 Å². The lowest BCUT2D eigenvalue weighted by Gasteiger charge is -2.20. The van der Waals surface area contributed by atoms with Crippen LogP contribution in [0.15, 0.2) is 36.0 Å². The second-order valence-electron chi connectivity index (χ2n) is 5.42. The zero-order valence-electron chi connectivity index (χ0n) is 15.0. The van der Waals surface area contributed by atoms with Gasteiger partial charge in [-0.3, -0.25) is 9.59 Å². The molecule has 0 saturated carbocycles. The molecule has 0 aliphatic heterocycles. The van der Waals surface area contributed by atoms with Crippen LogP contribution in [0.5, 0.6) is 0 Å². The molecule has 1 rings (SSSR count). The Bertz CT molecular complexity index is 757. The van der Waals surface area contributed by atoms with Crippen molar-refractivity contribution in [3.63, 3.8) is 0 Å². The number of nitrogens with one attached hydrogen (secondary N) is 1. The van der Waals surface area contributed by atoms with Crippen molar-refractivity contribution in [2.45, 2.75) is 19.8 Å². The third-order valence-electron chi connectivity index (χ3n) is 3.31. The largest absolute Gasteiger partial charge is 0.451 e. The molecule has 0 saturated heterocycles. The molecule has 27 heavy (non-hydrogen) atoms. The summed E-state index contributed by atoms with van der Waals surface area (Å²) in [5.41, 5.74) is 0.580. The van der Waals surface area contributed by atoms with Crippen LogP contribution in [0, 0.1) is 22.7 Å². The van der Waals surface area contributed by atoms with Gasteiger partial charge < -0.3 is 15.0 Å². The number of ether oxygens (including phenoxy) is 1. The Morgan fingerprint density at radius 3 is 2.22 bits per heavy atom. The molecule has 1 N–H and O–H groups in total. The number of nitrogens with zero attached hydrogens (tertiary/aromatic N) is 3. The summed E-state index contributed by atoms with van der Waals surface area (Å²) in [6.07, 6.45) is 1.66. The normalized spacial score (nSPS) is 10.3. The summed E-state index contributed by atoms with van der Waals surface area (Å²) in [6.45, 7) is 0.990. The fourth-order valence-electron chi connectivity index (χ4n) is 2.08. The molecule has 0 aliphatic carbocycles. The standard InChI is InChI=1S/C19H20N4O4/c1-15(24)22-17(13-16-7-3-2-4-8-16)19(26)27-14-18(25)23(11-5-9-20)12-6-10-21/h2-4,7-8,13H,5-6,11-12,14H2,1H3,(H,22,24). The third kappa shape index (κ3) is 8.32.